The summed E-state index contributed by atoms with van der Waals surface area (Å²) in [5, 5.41) is 0.561. The molecule has 0 saturated carbocycles. The van der Waals surface area contributed by atoms with Gasteiger partial charge in [0, 0.05) is 17.9 Å². The molecular weight excluding hydrogens is 320 g/mol. The first-order valence-corrected chi connectivity index (χ1v) is 9.80. The zero-order valence-electron chi connectivity index (χ0n) is 12.7. The number of carbonyl (C=O) groups is 1. The Labute approximate surface area is 134 Å². The maximum Gasteiger partial charge on any atom is 0.244 e. The van der Waals surface area contributed by atoms with Gasteiger partial charge in [-0.15, -0.1) is 0 Å². The van der Waals surface area contributed by atoms with E-state index in [4.69, 9.17) is 0 Å². The summed E-state index contributed by atoms with van der Waals surface area (Å²) in [4.78, 5) is 17.4. The highest BCUT2D eigenvalue weighted by molar-refractivity contribution is 8.16. The SMILES string of the molecule is CC(=O)N=C1S[C@H]2CS(=O)(=O)C[C@H]2N1c1ccc(C)c(C)c1. The molecule has 0 spiro atoms. The minimum atomic E-state index is -3.02. The monoisotopic (exact) mass is 338 g/mol. The molecule has 2 aliphatic rings. The summed E-state index contributed by atoms with van der Waals surface area (Å²) in [6, 6.07) is 5.86. The highest BCUT2D eigenvalue weighted by Crippen LogP contribution is 2.41. The Morgan fingerprint density at radius 1 is 1.27 bits per heavy atom. The number of fused-ring (bicyclic) bond motifs is 1. The first-order valence-electron chi connectivity index (χ1n) is 7.10. The largest absolute Gasteiger partial charge is 0.316 e. The van der Waals surface area contributed by atoms with Gasteiger partial charge in [0.1, 0.15) is 0 Å². The van der Waals surface area contributed by atoms with Gasteiger partial charge in [-0.25, -0.2) is 8.42 Å². The molecule has 2 saturated heterocycles. The van der Waals surface area contributed by atoms with E-state index < -0.39 is 9.84 Å². The van der Waals surface area contributed by atoms with E-state index in [1.807, 2.05) is 36.9 Å². The van der Waals surface area contributed by atoms with Crippen molar-refractivity contribution in [2.75, 3.05) is 16.4 Å². The minimum Gasteiger partial charge on any atom is -0.316 e. The summed E-state index contributed by atoms with van der Waals surface area (Å²) < 4.78 is 23.8. The number of aryl methyl sites for hydroxylation is 2. The van der Waals surface area contributed by atoms with E-state index in [1.165, 1.54) is 24.2 Å². The fourth-order valence-corrected chi connectivity index (χ4v) is 6.83. The summed E-state index contributed by atoms with van der Waals surface area (Å²) in [5.41, 5.74) is 3.21. The standard InChI is InChI=1S/C15H18N2O3S2/c1-9-4-5-12(6-10(9)2)17-13-7-22(19,20)8-14(13)21-15(17)16-11(3)18/h4-6,13-14H,7-8H2,1-3H3/t13-,14+/m1/s1. The molecule has 2 heterocycles. The van der Waals surface area contributed by atoms with Crippen LogP contribution in [0.3, 0.4) is 0 Å². The number of thioether (sulfide) groups is 1. The first-order chi connectivity index (χ1) is 10.3. The number of hydrogen-bond acceptors (Lipinski definition) is 4. The average Bonchev–Trinajstić information content (AvgIpc) is 2.83. The third-order valence-corrected chi connectivity index (χ3v) is 7.30. The zero-order chi connectivity index (χ0) is 16.1. The lowest BCUT2D eigenvalue weighted by atomic mass is 10.1. The van der Waals surface area contributed by atoms with Crippen molar-refractivity contribution in [3.05, 3.63) is 29.3 Å². The molecule has 2 fully saturated rings. The van der Waals surface area contributed by atoms with E-state index >= 15 is 0 Å². The molecule has 1 aromatic carbocycles. The third kappa shape index (κ3) is 2.79. The molecule has 22 heavy (non-hydrogen) atoms. The normalized spacial score (nSPS) is 28.1. The van der Waals surface area contributed by atoms with Crippen LogP contribution in [0.25, 0.3) is 0 Å². The first kappa shape index (κ1) is 15.6. The molecule has 3 rings (SSSR count). The van der Waals surface area contributed by atoms with Crippen molar-refractivity contribution in [1.82, 2.24) is 0 Å². The number of amides is 1. The fraction of sp³-hybridized carbons (Fsp3) is 0.467. The maximum absolute atomic E-state index is 11.9. The highest BCUT2D eigenvalue weighted by atomic mass is 32.2. The van der Waals surface area contributed by atoms with Crippen LogP contribution in [0.5, 0.6) is 0 Å². The molecule has 0 aromatic heterocycles. The van der Waals surface area contributed by atoms with Crippen LogP contribution in [-0.2, 0) is 14.6 Å². The Morgan fingerprint density at radius 2 is 2.00 bits per heavy atom. The van der Waals surface area contributed by atoms with Crippen molar-refractivity contribution in [3.63, 3.8) is 0 Å². The lowest BCUT2D eigenvalue weighted by molar-refractivity contribution is -0.115. The summed E-state index contributed by atoms with van der Waals surface area (Å²) in [6.07, 6.45) is 0. The summed E-state index contributed by atoms with van der Waals surface area (Å²) in [5.74, 6) is 0.00827. The number of hydrogen-bond donors (Lipinski definition) is 0. The van der Waals surface area contributed by atoms with Crippen molar-refractivity contribution in [2.45, 2.75) is 32.1 Å². The van der Waals surface area contributed by atoms with Crippen LogP contribution in [0, 0.1) is 13.8 Å². The van der Waals surface area contributed by atoms with E-state index in [0.29, 0.717) is 5.17 Å². The van der Waals surface area contributed by atoms with Gasteiger partial charge in [-0.2, -0.15) is 4.99 Å². The Balaban J connectivity index is 2.06. The van der Waals surface area contributed by atoms with E-state index in [9.17, 15) is 13.2 Å². The molecule has 5 nitrogen and oxygen atoms in total. The summed E-state index contributed by atoms with van der Waals surface area (Å²) in [7, 11) is -3.02. The molecule has 2 atom stereocenters. The molecule has 0 N–H and O–H groups in total. The summed E-state index contributed by atoms with van der Waals surface area (Å²) in [6.45, 7) is 5.47. The van der Waals surface area contributed by atoms with Gasteiger partial charge in [-0.1, -0.05) is 17.8 Å². The second-order valence-electron chi connectivity index (χ2n) is 5.85. The third-order valence-electron chi connectivity index (χ3n) is 4.09. The molecule has 0 unspecified atom stereocenters. The molecule has 1 aromatic rings. The molecule has 118 valence electrons. The van der Waals surface area contributed by atoms with Crippen LogP contribution >= 0.6 is 11.8 Å². The van der Waals surface area contributed by atoms with Gasteiger partial charge in [-0.3, -0.25) is 4.79 Å². The minimum absolute atomic E-state index is 0.0512. The average molecular weight is 338 g/mol. The maximum atomic E-state index is 11.9. The lowest BCUT2D eigenvalue weighted by Crippen LogP contribution is -2.37. The number of benzene rings is 1. The number of rotatable bonds is 1. The Morgan fingerprint density at radius 3 is 2.64 bits per heavy atom. The van der Waals surface area contributed by atoms with Crippen molar-refractivity contribution < 1.29 is 13.2 Å². The van der Waals surface area contributed by atoms with Crippen LogP contribution in [0.2, 0.25) is 0 Å². The molecular formula is C15H18N2O3S2. The number of anilines is 1. The van der Waals surface area contributed by atoms with Crippen LogP contribution in [0.1, 0.15) is 18.1 Å². The molecule has 2 aliphatic heterocycles. The topological polar surface area (TPSA) is 66.8 Å². The van der Waals surface area contributed by atoms with E-state index in [1.54, 1.807) is 0 Å². The molecule has 0 aliphatic carbocycles. The number of aliphatic imine (C=N–C) groups is 1. The Bertz CT molecular complexity index is 771. The number of amidine groups is 1. The van der Waals surface area contributed by atoms with Gasteiger partial charge in [0.2, 0.25) is 5.91 Å². The van der Waals surface area contributed by atoms with Crippen molar-refractivity contribution in [1.29, 1.82) is 0 Å². The fourth-order valence-electron chi connectivity index (χ4n) is 2.88. The Kier molecular flexibility index (Phi) is 3.81. The Hall–Kier alpha value is -1.34. The van der Waals surface area contributed by atoms with Crippen LogP contribution < -0.4 is 4.90 Å². The van der Waals surface area contributed by atoms with Gasteiger partial charge in [-0.05, 0) is 37.1 Å². The highest BCUT2D eigenvalue weighted by Gasteiger charge is 2.49. The van der Waals surface area contributed by atoms with E-state index in [-0.39, 0.29) is 28.7 Å². The van der Waals surface area contributed by atoms with Gasteiger partial charge >= 0.3 is 0 Å². The second-order valence-corrected chi connectivity index (χ2v) is 9.21. The van der Waals surface area contributed by atoms with Gasteiger partial charge in [0.25, 0.3) is 0 Å². The van der Waals surface area contributed by atoms with Gasteiger partial charge in [0.15, 0.2) is 15.0 Å². The van der Waals surface area contributed by atoms with Crippen LogP contribution in [-0.4, -0.2) is 42.3 Å². The molecule has 0 bridgehead atoms. The molecule has 7 heteroatoms. The van der Waals surface area contributed by atoms with Crippen LogP contribution in [0.4, 0.5) is 5.69 Å². The number of sulfone groups is 1. The van der Waals surface area contributed by atoms with Crippen LogP contribution in [0.15, 0.2) is 23.2 Å². The zero-order valence-corrected chi connectivity index (χ0v) is 14.4. The van der Waals surface area contributed by atoms with Gasteiger partial charge in [0.05, 0.1) is 17.5 Å². The van der Waals surface area contributed by atoms with Crippen molar-refractivity contribution in [2.24, 2.45) is 4.99 Å². The number of nitrogens with zero attached hydrogens (tertiary/aromatic N) is 2. The number of carbonyl (C=O) groups excluding carboxylic acids is 1. The van der Waals surface area contributed by atoms with Crippen molar-refractivity contribution >= 4 is 38.4 Å². The van der Waals surface area contributed by atoms with Gasteiger partial charge < -0.3 is 4.90 Å². The second kappa shape index (κ2) is 5.38. The van der Waals surface area contributed by atoms with E-state index in [0.717, 1.165) is 11.3 Å². The predicted molar refractivity (Wildman–Crippen MR) is 90.3 cm³/mol. The molecule has 1 amide bonds. The van der Waals surface area contributed by atoms with E-state index in [2.05, 4.69) is 4.99 Å². The lowest BCUT2D eigenvalue weighted by Gasteiger charge is -2.25. The molecule has 0 radical (unpaired) electrons. The quantitative estimate of drug-likeness (QED) is 0.783. The van der Waals surface area contributed by atoms with Crippen molar-refractivity contribution in [3.8, 4) is 0 Å². The smallest absolute Gasteiger partial charge is 0.244 e. The predicted octanol–water partition coefficient (Wildman–Crippen LogP) is 1.92. The summed E-state index contributed by atoms with van der Waals surface area (Å²) >= 11 is 1.40.